The van der Waals surface area contributed by atoms with Crippen molar-refractivity contribution >= 4 is 17.6 Å². The maximum Gasteiger partial charge on any atom is 0.304 e. The molecule has 180 valence electrons. The summed E-state index contributed by atoms with van der Waals surface area (Å²) in [5.41, 5.74) is 6.56. The summed E-state index contributed by atoms with van der Waals surface area (Å²) < 4.78 is 5.77. The number of hydrogen-bond acceptors (Lipinski definition) is 5. The molecular weight excluding hydrogens is 462 g/mol. The highest BCUT2D eigenvalue weighted by molar-refractivity contribution is 6.30. The Hall–Kier alpha value is -3.48. The van der Waals surface area contributed by atoms with Crippen molar-refractivity contribution in [3.8, 4) is 11.4 Å². The van der Waals surface area contributed by atoms with Gasteiger partial charge in [-0.15, -0.1) is 0 Å². The Labute approximate surface area is 210 Å². The fourth-order valence-electron chi connectivity index (χ4n) is 4.19. The monoisotopic (exact) mass is 489 g/mol. The number of nitrogens with one attached hydrogen (secondary N) is 1. The second-order valence-corrected chi connectivity index (χ2v) is 9.22. The third-order valence-corrected chi connectivity index (χ3v) is 6.00. The van der Waals surface area contributed by atoms with Crippen LogP contribution in [0.4, 0.5) is 0 Å². The lowest BCUT2D eigenvalue weighted by Gasteiger charge is -2.15. The first kappa shape index (κ1) is 24.6. The number of carboxylic acids is 1. The maximum atomic E-state index is 10.6. The fraction of sp³-hybridized carbons (Fsp3) is 0.250. The average Bonchev–Trinajstić information content (AvgIpc) is 3.30. The lowest BCUT2D eigenvalue weighted by atomic mass is 9.90. The van der Waals surface area contributed by atoms with Gasteiger partial charge in [-0.05, 0) is 49.1 Å². The van der Waals surface area contributed by atoms with Crippen molar-refractivity contribution in [3.63, 3.8) is 0 Å². The van der Waals surface area contributed by atoms with Crippen molar-refractivity contribution in [1.82, 2.24) is 15.5 Å². The minimum atomic E-state index is -0.811. The number of rotatable bonds is 10. The van der Waals surface area contributed by atoms with Crippen molar-refractivity contribution in [2.45, 2.75) is 39.2 Å². The molecule has 4 rings (SSSR count). The van der Waals surface area contributed by atoms with E-state index in [0.29, 0.717) is 36.2 Å². The standard InChI is InChI=1S/C28H28ClN3O3/c1-18-12-19(2)14-21(13-18)15-25(23-4-3-5-24(29)16-23)28-31-27(32-35-28)22-8-6-20(7-9-22)17-30-11-10-26(33)34/h3-9,12-14,16,25,30H,10-11,15,17H2,1-2H3,(H,33,34). The predicted octanol–water partition coefficient (Wildman–Crippen LogP) is 5.95. The molecular formula is C28H28ClN3O3. The number of aliphatic carboxylic acids is 1. The molecule has 1 unspecified atom stereocenters. The fourth-order valence-corrected chi connectivity index (χ4v) is 4.39. The van der Waals surface area contributed by atoms with Crippen molar-refractivity contribution in [2.24, 2.45) is 0 Å². The van der Waals surface area contributed by atoms with Gasteiger partial charge in [0.05, 0.1) is 12.3 Å². The lowest BCUT2D eigenvalue weighted by Crippen LogP contribution is -2.17. The van der Waals surface area contributed by atoms with Crippen LogP contribution in [0.1, 0.15) is 46.0 Å². The third-order valence-electron chi connectivity index (χ3n) is 5.77. The van der Waals surface area contributed by atoms with Crippen LogP contribution in [0.5, 0.6) is 0 Å². The second-order valence-electron chi connectivity index (χ2n) is 8.78. The zero-order valence-electron chi connectivity index (χ0n) is 19.8. The van der Waals surface area contributed by atoms with Gasteiger partial charge in [0.1, 0.15) is 0 Å². The summed E-state index contributed by atoms with van der Waals surface area (Å²) in [5, 5.41) is 16.8. The Morgan fingerprint density at radius 1 is 1.03 bits per heavy atom. The molecule has 35 heavy (non-hydrogen) atoms. The van der Waals surface area contributed by atoms with Gasteiger partial charge in [-0.1, -0.05) is 82.5 Å². The summed E-state index contributed by atoms with van der Waals surface area (Å²) >= 11 is 6.31. The quantitative estimate of drug-likeness (QED) is 0.268. The molecule has 0 saturated carbocycles. The highest BCUT2D eigenvalue weighted by Crippen LogP contribution is 2.31. The molecule has 0 fully saturated rings. The van der Waals surface area contributed by atoms with Gasteiger partial charge in [-0.2, -0.15) is 4.98 Å². The summed E-state index contributed by atoms with van der Waals surface area (Å²) in [6.45, 7) is 5.22. The van der Waals surface area contributed by atoms with E-state index in [-0.39, 0.29) is 12.3 Å². The summed E-state index contributed by atoms with van der Waals surface area (Å²) in [4.78, 5) is 15.4. The molecule has 0 saturated heterocycles. The van der Waals surface area contributed by atoms with Crippen LogP contribution in [0.15, 0.2) is 71.3 Å². The zero-order valence-corrected chi connectivity index (χ0v) is 20.5. The number of aromatic nitrogens is 2. The van der Waals surface area contributed by atoms with E-state index >= 15 is 0 Å². The Kier molecular flexibility index (Phi) is 7.95. The molecule has 0 spiro atoms. The van der Waals surface area contributed by atoms with Gasteiger partial charge in [-0.3, -0.25) is 4.79 Å². The second kappa shape index (κ2) is 11.3. The highest BCUT2D eigenvalue weighted by atomic mass is 35.5. The summed E-state index contributed by atoms with van der Waals surface area (Å²) in [7, 11) is 0. The van der Waals surface area contributed by atoms with E-state index in [1.807, 2.05) is 48.5 Å². The van der Waals surface area contributed by atoms with Gasteiger partial charge in [-0.25, -0.2) is 0 Å². The molecule has 0 aliphatic rings. The average molecular weight is 490 g/mol. The van der Waals surface area contributed by atoms with Gasteiger partial charge in [0.2, 0.25) is 11.7 Å². The van der Waals surface area contributed by atoms with Crippen molar-refractivity contribution < 1.29 is 14.4 Å². The topological polar surface area (TPSA) is 88.2 Å². The zero-order chi connectivity index (χ0) is 24.8. The molecule has 0 aliphatic heterocycles. The van der Waals surface area contributed by atoms with Gasteiger partial charge in [0.15, 0.2) is 0 Å². The van der Waals surface area contributed by atoms with E-state index < -0.39 is 5.97 Å². The third kappa shape index (κ3) is 6.78. The molecule has 1 atom stereocenters. The Balaban J connectivity index is 1.55. The van der Waals surface area contributed by atoms with Crippen molar-refractivity contribution in [2.75, 3.05) is 6.54 Å². The molecule has 0 bridgehead atoms. The number of nitrogens with zero attached hydrogens (tertiary/aromatic N) is 2. The normalized spacial score (nSPS) is 12.0. The first-order valence-electron chi connectivity index (χ1n) is 11.6. The molecule has 0 aliphatic carbocycles. The Morgan fingerprint density at radius 3 is 2.46 bits per heavy atom. The molecule has 6 nitrogen and oxygen atoms in total. The predicted molar refractivity (Wildman–Crippen MR) is 137 cm³/mol. The molecule has 2 N–H and O–H groups in total. The first-order chi connectivity index (χ1) is 16.9. The Morgan fingerprint density at radius 2 is 1.77 bits per heavy atom. The van der Waals surface area contributed by atoms with Crippen LogP contribution >= 0.6 is 11.6 Å². The van der Waals surface area contributed by atoms with Crippen LogP contribution in [0.3, 0.4) is 0 Å². The van der Waals surface area contributed by atoms with Crippen molar-refractivity contribution in [3.05, 3.63) is 105 Å². The molecule has 7 heteroatoms. The van der Waals surface area contributed by atoms with E-state index in [2.05, 4.69) is 42.5 Å². The summed E-state index contributed by atoms with van der Waals surface area (Å²) in [5.74, 6) is 0.127. The van der Waals surface area contributed by atoms with E-state index in [4.69, 9.17) is 26.2 Å². The molecule has 3 aromatic carbocycles. The smallest absolute Gasteiger partial charge is 0.304 e. The Bertz CT molecular complexity index is 1280. The van der Waals surface area contributed by atoms with Crippen LogP contribution in [0.25, 0.3) is 11.4 Å². The number of aryl methyl sites for hydroxylation is 2. The SMILES string of the molecule is Cc1cc(C)cc(CC(c2cccc(Cl)c2)c2nc(-c3ccc(CNCCC(=O)O)cc3)no2)c1. The summed E-state index contributed by atoms with van der Waals surface area (Å²) in [6, 6.07) is 22.2. The van der Waals surface area contributed by atoms with Crippen LogP contribution in [0, 0.1) is 13.8 Å². The summed E-state index contributed by atoms with van der Waals surface area (Å²) in [6.07, 6.45) is 0.811. The largest absolute Gasteiger partial charge is 0.481 e. The number of carbonyl (C=O) groups is 1. The van der Waals surface area contributed by atoms with Gasteiger partial charge in [0, 0.05) is 23.7 Å². The van der Waals surface area contributed by atoms with E-state index in [1.54, 1.807) is 0 Å². The molecule has 4 aromatic rings. The van der Waals surface area contributed by atoms with E-state index in [0.717, 1.165) is 16.7 Å². The molecule has 1 aromatic heterocycles. The van der Waals surface area contributed by atoms with Crippen molar-refractivity contribution in [1.29, 1.82) is 0 Å². The molecule has 0 radical (unpaired) electrons. The van der Waals surface area contributed by atoms with Crippen LogP contribution in [-0.4, -0.2) is 27.8 Å². The number of benzene rings is 3. The van der Waals surface area contributed by atoms with Gasteiger partial charge >= 0.3 is 5.97 Å². The lowest BCUT2D eigenvalue weighted by molar-refractivity contribution is -0.136. The highest BCUT2D eigenvalue weighted by Gasteiger charge is 2.23. The van der Waals surface area contributed by atoms with E-state index in [9.17, 15) is 4.79 Å². The molecule has 1 heterocycles. The van der Waals surface area contributed by atoms with E-state index in [1.165, 1.54) is 16.7 Å². The molecule has 0 amide bonds. The first-order valence-corrected chi connectivity index (χ1v) is 11.9. The van der Waals surface area contributed by atoms with Crippen LogP contribution in [-0.2, 0) is 17.8 Å². The van der Waals surface area contributed by atoms with Gasteiger partial charge in [0.25, 0.3) is 0 Å². The van der Waals surface area contributed by atoms with Crippen LogP contribution < -0.4 is 5.32 Å². The number of hydrogen-bond donors (Lipinski definition) is 2. The minimum absolute atomic E-state index is 0.0969. The number of carboxylic acid groups (broad SMARTS) is 1. The number of halogens is 1. The van der Waals surface area contributed by atoms with Crippen LogP contribution in [0.2, 0.25) is 5.02 Å². The minimum Gasteiger partial charge on any atom is -0.481 e. The maximum absolute atomic E-state index is 10.6. The van der Waals surface area contributed by atoms with Gasteiger partial charge < -0.3 is 14.9 Å².